The molecule has 0 amide bonds. The highest BCUT2D eigenvalue weighted by atomic mass is 32.2. The third-order valence-corrected chi connectivity index (χ3v) is 6.24. The fraction of sp³-hybridized carbons (Fsp3) is 0.611. The van der Waals surface area contributed by atoms with Crippen LogP contribution < -0.4 is 9.47 Å². The highest BCUT2D eigenvalue weighted by Gasteiger charge is 2.43. The van der Waals surface area contributed by atoms with Crippen LogP contribution in [0.1, 0.15) is 30.7 Å². The summed E-state index contributed by atoms with van der Waals surface area (Å²) in [5, 5.41) is 0. The Labute approximate surface area is 162 Å². The molecule has 28 heavy (non-hydrogen) atoms. The van der Waals surface area contributed by atoms with Gasteiger partial charge in [0.25, 0.3) is 0 Å². The van der Waals surface area contributed by atoms with Crippen LogP contribution in [-0.4, -0.2) is 57.9 Å². The monoisotopic (exact) mass is 419 g/mol. The van der Waals surface area contributed by atoms with E-state index < -0.39 is 28.6 Å². The van der Waals surface area contributed by atoms with E-state index >= 15 is 0 Å². The molecule has 0 radical (unpaired) electrons. The number of carbonyl (C=O) groups is 1. The zero-order valence-electron chi connectivity index (χ0n) is 15.6. The van der Waals surface area contributed by atoms with Crippen molar-refractivity contribution >= 4 is 16.0 Å². The van der Waals surface area contributed by atoms with Gasteiger partial charge >= 0.3 is 12.6 Å². The second kappa shape index (κ2) is 8.20. The lowest BCUT2D eigenvalue weighted by molar-refractivity contribution is -0.144. The molecule has 3 rings (SSSR count). The Kier molecular flexibility index (Phi) is 6.09. The second-order valence-corrected chi connectivity index (χ2v) is 9.08. The SMILES string of the molecule is COC(=O)[C@H]1CC(c2ccc(OC(F)F)c(OCC3CC3)c2)CN1S(C)(=O)=O. The highest BCUT2D eigenvalue weighted by molar-refractivity contribution is 7.88. The van der Waals surface area contributed by atoms with Crippen LogP contribution in [0.3, 0.4) is 0 Å². The van der Waals surface area contributed by atoms with Crippen molar-refractivity contribution in [2.24, 2.45) is 5.92 Å². The molecule has 0 aromatic heterocycles. The minimum atomic E-state index is -3.62. The zero-order chi connectivity index (χ0) is 20.5. The molecule has 0 N–H and O–H groups in total. The first-order chi connectivity index (χ1) is 13.2. The summed E-state index contributed by atoms with van der Waals surface area (Å²) in [6.45, 7) is -2.48. The fourth-order valence-electron chi connectivity index (χ4n) is 3.34. The molecule has 1 saturated heterocycles. The number of carbonyl (C=O) groups excluding carboxylic acids is 1. The lowest BCUT2D eigenvalue weighted by atomic mass is 9.96. The number of sulfonamides is 1. The zero-order valence-corrected chi connectivity index (χ0v) is 16.5. The predicted molar refractivity (Wildman–Crippen MR) is 96.0 cm³/mol. The van der Waals surface area contributed by atoms with E-state index in [0.29, 0.717) is 18.1 Å². The van der Waals surface area contributed by atoms with Gasteiger partial charge in [0, 0.05) is 6.54 Å². The normalized spacial score (nSPS) is 23.0. The number of rotatable bonds is 8. The van der Waals surface area contributed by atoms with E-state index in [1.807, 2.05) is 0 Å². The maximum atomic E-state index is 12.7. The molecular weight excluding hydrogens is 396 g/mol. The van der Waals surface area contributed by atoms with Crippen molar-refractivity contribution in [3.63, 3.8) is 0 Å². The summed E-state index contributed by atoms with van der Waals surface area (Å²) in [5.41, 5.74) is 0.687. The lowest BCUT2D eigenvalue weighted by Gasteiger charge is -2.19. The summed E-state index contributed by atoms with van der Waals surface area (Å²) >= 11 is 0. The second-order valence-electron chi connectivity index (χ2n) is 7.14. The van der Waals surface area contributed by atoms with E-state index in [9.17, 15) is 22.0 Å². The summed E-state index contributed by atoms with van der Waals surface area (Å²) < 4.78 is 65.5. The van der Waals surface area contributed by atoms with Gasteiger partial charge in [-0.25, -0.2) is 8.42 Å². The van der Waals surface area contributed by atoms with Gasteiger partial charge < -0.3 is 14.2 Å². The molecule has 1 aliphatic heterocycles. The topological polar surface area (TPSA) is 82.1 Å². The van der Waals surface area contributed by atoms with Crippen LogP contribution in [0.25, 0.3) is 0 Å². The average molecular weight is 419 g/mol. The maximum absolute atomic E-state index is 12.7. The number of ether oxygens (including phenoxy) is 3. The highest BCUT2D eigenvalue weighted by Crippen LogP contribution is 2.39. The number of halogens is 2. The van der Waals surface area contributed by atoms with Crippen molar-refractivity contribution in [3.05, 3.63) is 23.8 Å². The van der Waals surface area contributed by atoms with Gasteiger partial charge in [-0.1, -0.05) is 6.07 Å². The summed E-state index contributed by atoms with van der Waals surface area (Å²) in [5.74, 6) is -0.392. The van der Waals surface area contributed by atoms with Crippen molar-refractivity contribution in [3.8, 4) is 11.5 Å². The number of esters is 1. The van der Waals surface area contributed by atoms with Crippen molar-refractivity contribution in [1.82, 2.24) is 4.31 Å². The van der Waals surface area contributed by atoms with Crippen LogP contribution in [0.5, 0.6) is 11.5 Å². The Morgan fingerprint density at radius 3 is 2.57 bits per heavy atom. The third kappa shape index (κ3) is 4.91. The summed E-state index contributed by atoms with van der Waals surface area (Å²) in [6, 6.07) is 3.65. The number of benzene rings is 1. The molecule has 7 nitrogen and oxygen atoms in total. The van der Waals surface area contributed by atoms with Gasteiger partial charge in [-0.15, -0.1) is 0 Å². The van der Waals surface area contributed by atoms with Gasteiger partial charge in [-0.3, -0.25) is 4.79 Å². The molecule has 156 valence electrons. The first kappa shape index (κ1) is 20.8. The molecule has 2 fully saturated rings. The van der Waals surface area contributed by atoms with E-state index in [1.165, 1.54) is 13.2 Å². The van der Waals surface area contributed by atoms with Crippen LogP contribution in [0.15, 0.2) is 18.2 Å². The number of nitrogens with zero attached hydrogens (tertiary/aromatic N) is 1. The molecule has 1 unspecified atom stereocenters. The number of hydrogen-bond donors (Lipinski definition) is 0. The van der Waals surface area contributed by atoms with Gasteiger partial charge in [-0.2, -0.15) is 13.1 Å². The smallest absolute Gasteiger partial charge is 0.387 e. The Bertz CT molecular complexity index is 827. The Hall–Kier alpha value is -1.94. The molecule has 0 spiro atoms. The van der Waals surface area contributed by atoms with Gasteiger partial charge in [-0.05, 0) is 48.8 Å². The van der Waals surface area contributed by atoms with Gasteiger partial charge in [0.1, 0.15) is 6.04 Å². The van der Waals surface area contributed by atoms with Crippen LogP contribution in [0, 0.1) is 5.92 Å². The Morgan fingerprint density at radius 1 is 1.29 bits per heavy atom. The molecule has 2 aliphatic rings. The molecule has 1 aliphatic carbocycles. The van der Waals surface area contributed by atoms with Crippen LogP contribution in [-0.2, 0) is 19.6 Å². The molecule has 10 heteroatoms. The molecule has 1 saturated carbocycles. The van der Waals surface area contributed by atoms with Crippen molar-refractivity contribution in [2.45, 2.75) is 37.8 Å². The van der Waals surface area contributed by atoms with Crippen molar-refractivity contribution in [2.75, 3.05) is 26.5 Å². The summed E-state index contributed by atoms with van der Waals surface area (Å²) in [4.78, 5) is 12.0. The maximum Gasteiger partial charge on any atom is 0.387 e. The molecule has 1 aromatic carbocycles. The first-order valence-corrected chi connectivity index (χ1v) is 10.8. The average Bonchev–Trinajstić information content (AvgIpc) is 3.34. The Balaban J connectivity index is 1.85. The van der Waals surface area contributed by atoms with E-state index in [1.54, 1.807) is 12.1 Å². The van der Waals surface area contributed by atoms with E-state index in [-0.39, 0.29) is 30.4 Å². The first-order valence-electron chi connectivity index (χ1n) is 8.95. The van der Waals surface area contributed by atoms with Crippen molar-refractivity contribution < 1.29 is 36.2 Å². The molecule has 1 heterocycles. The predicted octanol–water partition coefficient (Wildman–Crippen LogP) is 2.37. The quantitative estimate of drug-likeness (QED) is 0.602. The van der Waals surface area contributed by atoms with Gasteiger partial charge in [0.2, 0.25) is 10.0 Å². The fourth-order valence-corrected chi connectivity index (χ4v) is 4.43. The molecule has 0 bridgehead atoms. The minimum Gasteiger partial charge on any atom is -0.489 e. The van der Waals surface area contributed by atoms with Crippen LogP contribution in [0.4, 0.5) is 8.78 Å². The van der Waals surface area contributed by atoms with Crippen LogP contribution >= 0.6 is 0 Å². The largest absolute Gasteiger partial charge is 0.489 e. The molecule has 2 atom stereocenters. The van der Waals surface area contributed by atoms with E-state index in [2.05, 4.69) is 4.74 Å². The van der Waals surface area contributed by atoms with E-state index in [0.717, 1.165) is 23.4 Å². The summed E-state index contributed by atoms with van der Waals surface area (Å²) in [6.07, 6.45) is 3.35. The number of methoxy groups -OCH3 is 1. The van der Waals surface area contributed by atoms with E-state index in [4.69, 9.17) is 9.47 Å². The van der Waals surface area contributed by atoms with Gasteiger partial charge in [0.15, 0.2) is 11.5 Å². The molecular formula is C18H23F2NO6S. The van der Waals surface area contributed by atoms with Gasteiger partial charge in [0.05, 0.1) is 20.0 Å². The van der Waals surface area contributed by atoms with Crippen LogP contribution in [0.2, 0.25) is 0 Å². The minimum absolute atomic E-state index is 0.0677. The number of hydrogen-bond acceptors (Lipinski definition) is 6. The van der Waals surface area contributed by atoms with Crippen molar-refractivity contribution in [1.29, 1.82) is 0 Å². The Morgan fingerprint density at radius 2 is 2.00 bits per heavy atom. The standard InChI is InChI=1S/C18H23F2NO6S/c1-25-17(22)14-7-13(9-21(14)28(2,23)24)12-5-6-15(27-18(19)20)16(8-12)26-10-11-3-4-11/h5-6,8,11,13-14,18H,3-4,7,9-10H2,1-2H3/t13?,14-/m1/s1. The summed E-state index contributed by atoms with van der Waals surface area (Å²) in [7, 11) is -2.41. The third-order valence-electron chi connectivity index (χ3n) is 4.98. The molecule has 1 aromatic rings. The lowest BCUT2D eigenvalue weighted by Crippen LogP contribution is -2.40. The number of alkyl halides is 2.